The van der Waals surface area contributed by atoms with Crippen LogP contribution in [0.2, 0.25) is 0 Å². The number of para-hydroxylation sites is 1. The Bertz CT molecular complexity index is 1600. The van der Waals surface area contributed by atoms with Gasteiger partial charge in [0.05, 0.1) is 11.1 Å². The van der Waals surface area contributed by atoms with Crippen LogP contribution in [0.4, 0.5) is 13.2 Å². The summed E-state index contributed by atoms with van der Waals surface area (Å²) in [5, 5.41) is 0.232. The molecule has 3 nitrogen and oxygen atoms in total. The van der Waals surface area contributed by atoms with Crippen molar-refractivity contribution < 1.29 is 22.7 Å². The maximum absolute atomic E-state index is 13.8. The first kappa shape index (κ1) is 25.5. The first-order valence-electron chi connectivity index (χ1n) is 11.8. The van der Waals surface area contributed by atoms with Gasteiger partial charge in [-0.25, -0.2) is 0 Å². The number of hydrogen-bond donors (Lipinski definition) is 0. The number of nitrogens with zero attached hydrogens (tertiary/aromatic N) is 1. The fraction of sp³-hybridized carbons (Fsp3) is 0.0968. The summed E-state index contributed by atoms with van der Waals surface area (Å²) in [5.41, 5.74) is 2.39. The molecule has 7 heteroatoms. The molecule has 0 atom stereocenters. The number of carbonyl (C=O) groups is 1. The lowest BCUT2D eigenvalue weighted by atomic mass is 9.91. The standard InChI is InChI=1S/C31H21ClF3NO2/c32-17-20-12-14-21(15-13-20)19-38-24-9-4-8-23(16-24)28-25-10-5-11-27(31(33,34)35)29(25)36-18-26(28)30(37)22-6-2-1-3-7-22/h1-16,18H,17,19H2. The van der Waals surface area contributed by atoms with E-state index in [9.17, 15) is 18.0 Å². The monoisotopic (exact) mass is 531 g/mol. The highest BCUT2D eigenvalue weighted by molar-refractivity contribution is 6.17. The van der Waals surface area contributed by atoms with Crippen molar-refractivity contribution in [3.8, 4) is 16.9 Å². The number of carbonyl (C=O) groups excluding carboxylic acids is 1. The third kappa shape index (κ3) is 5.27. The topological polar surface area (TPSA) is 39.2 Å². The summed E-state index contributed by atoms with van der Waals surface area (Å²) in [6.07, 6.45) is -3.37. The van der Waals surface area contributed by atoms with Crippen LogP contribution in [0.3, 0.4) is 0 Å². The second kappa shape index (κ2) is 10.7. The molecule has 0 bridgehead atoms. The fourth-order valence-corrected chi connectivity index (χ4v) is 4.49. The van der Waals surface area contributed by atoms with Crippen molar-refractivity contribution >= 4 is 28.3 Å². The summed E-state index contributed by atoms with van der Waals surface area (Å²) in [6.45, 7) is 0.289. The van der Waals surface area contributed by atoms with Crippen molar-refractivity contribution in [1.82, 2.24) is 4.98 Å². The highest BCUT2D eigenvalue weighted by Crippen LogP contribution is 2.39. The SMILES string of the molecule is O=C(c1ccccc1)c1cnc2c(C(F)(F)F)cccc2c1-c1cccc(OCc2ccc(CCl)cc2)c1. The van der Waals surface area contributed by atoms with Crippen LogP contribution in [-0.4, -0.2) is 10.8 Å². The number of hydrogen-bond acceptors (Lipinski definition) is 3. The van der Waals surface area contributed by atoms with E-state index in [1.54, 1.807) is 60.7 Å². The average Bonchev–Trinajstić information content (AvgIpc) is 2.95. The number of halogens is 4. The molecule has 0 aliphatic carbocycles. The van der Waals surface area contributed by atoms with Gasteiger partial charge >= 0.3 is 6.18 Å². The first-order chi connectivity index (χ1) is 18.3. The minimum absolute atomic E-state index is 0.205. The van der Waals surface area contributed by atoms with Crippen LogP contribution in [-0.2, 0) is 18.7 Å². The summed E-state index contributed by atoms with van der Waals surface area (Å²) in [7, 11) is 0. The number of aromatic nitrogens is 1. The predicted molar refractivity (Wildman–Crippen MR) is 142 cm³/mol. The Morgan fingerprint density at radius 1 is 0.842 bits per heavy atom. The van der Waals surface area contributed by atoms with Crippen LogP contribution in [0.1, 0.15) is 32.6 Å². The van der Waals surface area contributed by atoms with E-state index in [-0.39, 0.29) is 28.9 Å². The van der Waals surface area contributed by atoms with Crippen LogP contribution in [0.15, 0.2) is 103 Å². The zero-order chi connectivity index (χ0) is 26.7. The normalized spacial score (nSPS) is 11.5. The van der Waals surface area contributed by atoms with Gasteiger partial charge in [-0.2, -0.15) is 13.2 Å². The molecule has 38 heavy (non-hydrogen) atoms. The molecule has 0 saturated carbocycles. The van der Waals surface area contributed by atoms with Gasteiger partial charge < -0.3 is 4.74 Å². The zero-order valence-electron chi connectivity index (χ0n) is 20.0. The molecular weight excluding hydrogens is 511 g/mol. The molecule has 1 aromatic heterocycles. The molecular formula is C31H21ClF3NO2. The van der Waals surface area contributed by atoms with Crippen molar-refractivity contribution in [3.63, 3.8) is 0 Å². The Morgan fingerprint density at radius 3 is 2.26 bits per heavy atom. The molecule has 190 valence electrons. The molecule has 1 heterocycles. The van der Waals surface area contributed by atoms with Crippen LogP contribution >= 0.6 is 11.6 Å². The van der Waals surface area contributed by atoms with Gasteiger partial charge in [-0.1, -0.05) is 78.9 Å². The van der Waals surface area contributed by atoms with E-state index < -0.39 is 11.7 Å². The maximum Gasteiger partial charge on any atom is 0.418 e. The molecule has 4 aromatic carbocycles. The van der Waals surface area contributed by atoms with Gasteiger partial charge in [0.1, 0.15) is 12.4 Å². The Morgan fingerprint density at radius 2 is 1.55 bits per heavy atom. The summed E-state index contributed by atoms with van der Waals surface area (Å²) in [5.74, 6) is 0.598. The molecule has 0 unspecified atom stereocenters. The Kier molecular flexibility index (Phi) is 7.16. The lowest BCUT2D eigenvalue weighted by molar-refractivity contribution is -0.136. The van der Waals surface area contributed by atoms with E-state index in [1.165, 1.54) is 12.3 Å². The summed E-state index contributed by atoms with van der Waals surface area (Å²) < 4.78 is 47.4. The third-order valence-corrected chi connectivity index (χ3v) is 6.50. The number of benzene rings is 4. The minimum Gasteiger partial charge on any atom is -0.489 e. The van der Waals surface area contributed by atoms with E-state index in [0.29, 0.717) is 28.3 Å². The number of pyridine rings is 1. The Balaban J connectivity index is 1.61. The molecule has 0 amide bonds. The zero-order valence-corrected chi connectivity index (χ0v) is 20.8. The number of fused-ring (bicyclic) bond motifs is 1. The van der Waals surface area contributed by atoms with E-state index in [4.69, 9.17) is 16.3 Å². The van der Waals surface area contributed by atoms with Crippen LogP contribution < -0.4 is 4.74 Å². The Hall–Kier alpha value is -4.16. The van der Waals surface area contributed by atoms with Gasteiger partial charge in [0.25, 0.3) is 0 Å². The molecule has 0 spiro atoms. The van der Waals surface area contributed by atoms with Crippen molar-refractivity contribution in [2.24, 2.45) is 0 Å². The lowest BCUT2D eigenvalue weighted by Gasteiger charge is -2.16. The van der Waals surface area contributed by atoms with Crippen LogP contribution in [0.5, 0.6) is 5.75 Å². The summed E-state index contributed by atoms with van der Waals surface area (Å²) in [6, 6.07) is 27.1. The van der Waals surface area contributed by atoms with Gasteiger partial charge in [0.15, 0.2) is 5.78 Å². The fourth-order valence-electron chi connectivity index (χ4n) is 4.31. The highest BCUT2D eigenvalue weighted by atomic mass is 35.5. The number of rotatable bonds is 7. The summed E-state index contributed by atoms with van der Waals surface area (Å²) >= 11 is 5.86. The number of ketones is 1. The Labute approximate surface area is 222 Å². The van der Waals surface area contributed by atoms with E-state index in [0.717, 1.165) is 17.2 Å². The minimum atomic E-state index is -4.60. The molecule has 0 aliphatic rings. The average molecular weight is 532 g/mol. The van der Waals surface area contributed by atoms with Crippen LogP contribution in [0, 0.1) is 0 Å². The third-order valence-electron chi connectivity index (χ3n) is 6.19. The smallest absolute Gasteiger partial charge is 0.418 e. The molecule has 5 rings (SSSR count). The van der Waals surface area contributed by atoms with Gasteiger partial charge in [0, 0.05) is 34.2 Å². The first-order valence-corrected chi connectivity index (χ1v) is 12.3. The predicted octanol–water partition coefficient (Wildman–Crippen LogP) is 8.47. The van der Waals surface area contributed by atoms with Crippen LogP contribution in [0.25, 0.3) is 22.0 Å². The van der Waals surface area contributed by atoms with E-state index in [2.05, 4.69) is 4.98 Å². The van der Waals surface area contributed by atoms with Gasteiger partial charge in [-0.05, 0) is 34.9 Å². The van der Waals surface area contributed by atoms with Crippen molar-refractivity contribution in [1.29, 1.82) is 0 Å². The van der Waals surface area contributed by atoms with Gasteiger partial charge in [-0.3, -0.25) is 9.78 Å². The lowest BCUT2D eigenvalue weighted by Crippen LogP contribution is -2.09. The molecule has 0 fully saturated rings. The molecule has 0 aliphatic heterocycles. The van der Waals surface area contributed by atoms with Crippen molar-refractivity contribution in [2.75, 3.05) is 0 Å². The number of alkyl halides is 4. The molecule has 5 aromatic rings. The van der Waals surface area contributed by atoms with Gasteiger partial charge in [-0.15, -0.1) is 11.6 Å². The van der Waals surface area contributed by atoms with Gasteiger partial charge in [0.2, 0.25) is 0 Å². The quantitative estimate of drug-likeness (QED) is 0.156. The highest BCUT2D eigenvalue weighted by Gasteiger charge is 2.34. The van der Waals surface area contributed by atoms with Crippen molar-refractivity contribution in [2.45, 2.75) is 18.7 Å². The van der Waals surface area contributed by atoms with E-state index >= 15 is 0 Å². The van der Waals surface area contributed by atoms with Crippen molar-refractivity contribution in [3.05, 3.63) is 131 Å². The number of ether oxygens (including phenoxy) is 1. The summed E-state index contributed by atoms with van der Waals surface area (Å²) in [4.78, 5) is 17.6. The molecule has 0 radical (unpaired) electrons. The second-order valence-corrected chi connectivity index (χ2v) is 8.98. The largest absolute Gasteiger partial charge is 0.489 e. The second-order valence-electron chi connectivity index (χ2n) is 8.71. The molecule has 0 saturated heterocycles. The molecule has 0 N–H and O–H groups in total. The van der Waals surface area contributed by atoms with E-state index in [1.807, 2.05) is 24.3 Å². The maximum atomic E-state index is 13.8.